The van der Waals surface area contributed by atoms with Crippen molar-refractivity contribution in [2.75, 3.05) is 0 Å². The molecule has 0 radical (unpaired) electrons. The van der Waals surface area contributed by atoms with Gasteiger partial charge in [-0.1, -0.05) is 13.8 Å². The predicted molar refractivity (Wildman–Crippen MR) is 87.0 cm³/mol. The molecular weight excluding hydrogens is 264 g/mol. The summed E-state index contributed by atoms with van der Waals surface area (Å²) in [6, 6.07) is 0.213. The van der Waals surface area contributed by atoms with E-state index < -0.39 is 5.54 Å². The number of carbonyl (C=O) groups is 1. The third-order valence-electron chi connectivity index (χ3n) is 4.82. The van der Waals surface area contributed by atoms with Gasteiger partial charge in [0.25, 0.3) is 0 Å². The lowest BCUT2D eigenvalue weighted by atomic mass is 9.80. The maximum Gasteiger partial charge on any atom is 0.237 e. The molecule has 4 nitrogen and oxygen atoms in total. The number of carbonyl (C=O) groups excluding carboxylic acids is 1. The van der Waals surface area contributed by atoms with Crippen molar-refractivity contribution in [3.63, 3.8) is 0 Å². The summed E-state index contributed by atoms with van der Waals surface area (Å²) < 4.78 is 6.19. The largest absolute Gasteiger partial charge is 0.375 e. The molecule has 21 heavy (non-hydrogen) atoms. The third-order valence-corrected chi connectivity index (χ3v) is 4.82. The van der Waals surface area contributed by atoms with E-state index in [9.17, 15) is 4.79 Å². The number of nitrogens with two attached hydrogens (primary N) is 1. The number of ether oxygens (including phenoxy) is 1. The van der Waals surface area contributed by atoms with Crippen LogP contribution in [0.1, 0.15) is 67.2 Å². The first-order valence-electron chi connectivity index (χ1n) is 8.37. The van der Waals surface area contributed by atoms with Crippen LogP contribution in [0, 0.1) is 11.8 Å². The quantitative estimate of drug-likeness (QED) is 0.759. The van der Waals surface area contributed by atoms with Crippen LogP contribution in [-0.2, 0) is 9.53 Å². The molecule has 124 valence electrons. The van der Waals surface area contributed by atoms with Crippen molar-refractivity contribution >= 4 is 5.91 Å². The highest BCUT2D eigenvalue weighted by Crippen LogP contribution is 2.32. The van der Waals surface area contributed by atoms with E-state index in [-0.39, 0.29) is 18.1 Å². The van der Waals surface area contributed by atoms with Crippen LogP contribution in [-0.4, -0.2) is 29.7 Å². The topological polar surface area (TPSA) is 64.3 Å². The predicted octanol–water partition coefficient (Wildman–Crippen LogP) is 2.85. The Labute approximate surface area is 130 Å². The summed E-state index contributed by atoms with van der Waals surface area (Å²) in [5.74, 6) is 1.20. The molecule has 0 heterocycles. The van der Waals surface area contributed by atoms with Gasteiger partial charge in [0, 0.05) is 12.5 Å². The molecule has 1 rings (SSSR count). The average Bonchev–Trinajstić information content (AvgIpc) is 2.32. The lowest BCUT2D eigenvalue weighted by Crippen LogP contribution is -2.57. The molecular formula is C17H34N2O2. The molecule has 1 aliphatic carbocycles. The van der Waals surface area contributed by atoms with Crippen molar-refractivity contribution in [2.45, 2.75) is 91.0 Å². The van der Waals surface area contributed by atoms with Crippen molar-refractivity contribution in [3.8, 4) is 0 Å². The van der Waals surface area contributed by atoms with E-state index in [1.165, 1.54) is 6.42 Å². The lowest BCUT2D eigenvalue weighted by molar-refractivity contribution is -0.127. The molecule has 1 aliphatic rings. The first-order chi connectivity index (χ1) is 9.64. The molecule has 0 spiro atoms. The molecule has 1 amide bonds. The fraction of sp³-hybridized carbons (Fsp3) is 0.941. The van der Waals surface area contributed by atoms with Gasteiger partial charge < -0.3 is 15.8 Å². The summed E-state index contributed by atoms with van der Waals surface area (Å²) in [5, 5.41) is 3.29. The molecule has 0 aromatic carbocycles. The smallest absolute Gasteiger partial charge is 0.237 e. The highest BCUT2D eigenvalue weighted by molar-refractivity contribution is 5.84. The Morgan fingerprint density at radius 1 is 1.29 bits per heavy atom. The Balaban J connectivity index is 2.54. The van der Waals surface area contributed by atoms with Gasteiger partial charge in [-0.05, 0) is 58.8 Å². The van der Waals surface area contributed by atoms with Crippen molar-refractivity contribution in [1.29, 1.82) is 0 Å². The Morgan fingerprint density at radius 3 is 2.38 bits per heavy atom. The number of nitrogens with one attached hydrogen (secondary N) is 1. The Kier molecular flexibility index (Phi) is 6.67. The number of amides is 1. The number of hydrogen-bond acceptors (Lipinski definition) is 3. The van der Waals surface area contributed by atoms with Gasteiger partial charge in [-0.25, -0.2) is 0 Å². The van der Waals surface area contributed by atoms with E-state index in [0.717, 1.165) is 18.8 Å². The normalized spacial score (nSPS) is 30.9. The second-order valence-electron chi connectivity index (χ2n) is 7.54. The van der Waals surface area contributed by atoms with Crippen LogP contribution in [0.25, 0.3) is 0 Å². The van der Waals surface area contributed by atoms with E-state index in [1.54, 1.807) is 0 Å². The van der Waals surface area contributed by atoms with Gasteiger partial charge in [0.1, 0.15) is 0 Å². The fourth-order valence-corrected chi connectivity index (χ4v) is 3.44. The standard InChI is InChI=1S/C17H34N2O2/c1-11(2)19-17(6,16(18)20)10-14(5)21-15-8-7-12(3)13(4)9-15/h11-15,19H,7-10H2,1-6H3,(H2,18,20). The number of primary amides is 1. The van der Waals surface area contributed by atoms with Crippen molar-refractivity contribution < 1.29 is 9.53 Å². The van der Waals surface area contributed by atoms with Crippen molar-refractivity contribution in [1.82, 2.24) is 5.32 Å². The molecule has 1 saturated carbocycles. The lowest BCUT2D eigenvalue weighted by Gasteiger charge is -2.36. The van der Waals surface area contributed by atoms with E-state index in [0.29, 0.717) is 18.4 Å². The number of hydrogen-bond donors (Lipinski definition) is 2. The summed E-state index contributed by atoms with van der Waals surface area (Å²) in [4.78, 5) is 11.8. The molecule has 4 heteroatoms. The zero-order chi connectivity index (χ0) is 16.2. The molecule has 3 N–H and O–H groups in total. The molecule has 1 fully saturated rings. The number of rotatable bonds is 7. The second-order valence-corrected chi connectivity index (χ2v) is 7.54. The van der Waals surface area contributed by atoms with E-state index in [1.807, 2.05) is 27.7 Å². The molecule has 5 atom stereocenters. The molecule has 0 aliphatic heterocycles. The van der Waals surface area contributed by atoms with Crippen LogP contribution >= 0.6 is 0 Å². The SMILES string of the molecule is CC(C)NC(C)(CC(C)OC1CCC(C)C(C)C1)C(N)=O. The summed E-state index contributed by atoms with van der Waals surface area (Å²) in [6.07, 6.45) is 4.44. The van der Waals surface area contributed by atoms with E-state index in [2.05, 4.69) is 19.2 Å². The zero-order valence-corrected chi connectivity index (χ0v) is 14.6. The van der Waals surface area contributed by atoms with Crippen LogP contribution in [0.15, 0.2) is 0 Å². The maximum atomic E-state index is 11.8. The minimum absolute atomic E-state index is 0.0272. The van der Waals surface area contributed by atoms with Gasteiger partial charge in [0.15, 0.2) is 0 Å². The molecule has 5 unspecified atom stereocenters. The van der Waals surface area contributed by atoms with Gasteiger partial charge in [-0.15, -0.1) is 0 Å². The summed E-state index contributed by atoms with van der Waals surface area (Å²) >= 11 is 0. The highest BCUT2D eigenvalue weighted by Gasteiger charge is 2.35. The minimum atomic E-state index is -0.707. The first kappa shape index (κ1) is 18.4. The Bertz CT molecular complexity index is 346. The highest BCUT2D eigenvalue weighted by atomic mass is 16.5. The van der Waals surface area contributed by atoms with E-state index >= 15 is 0 Å². The van der Waals surface area contributed by atoms with Crippen LogP contribution in [0.2, 0.25) is 0 Å². The molecule has 0 aromatic heterocycles. The maximum absolute atomic E-state index is 11.8. The molecule has 0 aromatic rings. The van der Waals surface area contributed by atoms with E-state index in [4.69, 9.17) is 10.5 Å². The van der Waals surface area contributed by atoms with Gasteiger partial charge >= 0.3 is 0 Å². The summed E-state index contributed by atoms with van der Waals surface area (Å²) in [5.41, 5.74) is 4.88. The summed E-state index contributed by atoms with van der Waals surface area (Å²) in [6.45, 7) is 12.6. The molecule has 0 saturated heterocycles. The van der Waals surface area contributed by atoms with Gasteiger partial charge in [-0.3, -0.25) is 4.79 Å². The van der Waals surface area contributed by atoms with Crippen LogP contribution in [0.3, 0.4) is 0 Å². The first-order valence-corrected chi connectivity index (χ1v) is 8.37. The monoisotopic (exact) mass is 298 g/mol. The van der Waals surface area contributed by atoms with Crippen LogP contribution < -0.4 is 11.1 Å². The van der Waals surface area contributed by atoms with Gasteiger partial charge in [0.05, 0.1) is 17.7 Å². The fourth-order valence-electron chi connectivity index (χ4n) is 3.44. The van der Waals surface area contributed by atoms with Gasteiger partial charge in [-0.2, -0.15) is 0 Å². The second kappa shape index (κ2) is 7.59. The zero-order valence-electron chi connectivity index (χ0n) is 14.6. The molecule has 0 bridgehead atoms. The minimum Gasteiger partial charge on any atom is -0.375 e. The third kappa shape index (κ3) is 5.59. The van der Waals surface area contributed by atoms with Crippen molar-refractivity contribution in [3.05, 3.63) is 0 Å². The average molecular weight is 298 g/mol. The Hall–Kier alpha value is -0.610. The van der Waals surface area contributed by atoms with Crippen LogP contribution in [0.5, 0.6) is 0 Å². The van der Waals surface area contributed by atoms with Crippen LogP contribution in [0.4, 0.5) is 0 Å². The summed E-state index contributed by atoms with van der Waals surface area (Å²) in [7, 11) is 0. The Morgan fingerprint density at radius 2 is 1.90 bits per heavy atom. The van der Waals surface area contributed by atoms with Gasteiger partial charge in [0.2, 0.25) is 5.91 Å². The van der Waals surface area contributed by atoms with Crippen molar-refractivity contribution in [2.24, 2.45) is 17.6 Å².